The summed E-state index contributed by atoms with van der Waals surface area (Å²) in [6.45, 7) is 2.20. The number of amides is 2. The first-order chi connectivity index (χ1) is 8.52. The van der Waals surface area contributed by atoms with Crippen LogP contribution in [0, 0.1) is 0 Å². The molecule has 0 aliphatic heterocycles. The lowest BCUT2D eigenvalue weighted by atomic mass is 10.3. The minimum Gasteiger partial charge on any atom is -0.355 e. The Morgan fingerprint density at radius 1 is 1.28 bits per heavy atom. The number of alkyl halides is 1. The third-order valence-corrected chi connectivity index (χ3v) is 3.03. The van der Waals surface area contributed by atoms with Crippen molar-refractivity contribution >= 4 is 43.7 Å². The van der Waals surface area contributed by atoms with E-state index in [0.717, 1.165) is 10.2 Å². The van der Waals surface area contributed by atoms with Crippen molar-refractivity contribution < 1.29 is 9.59 Å². The number of rotatable bonds is 5. The Morgan fingerprint density at radius 2 is 1.94 bits per heavy atom. The third kappa shape index (κ3) is 5.14. The van der Waals surface area contributed by atoms with Gasteiger partial charge >= 0.3 is 0 Å². The van der Waals surface area contributed by atoms with Crippen LogP contribution in [0.3, 0.4) is 0 Å². The first kappa shape index (κ1) is 15.1. The lowest BCUT2D eigenvalue weighted by molar-refractivity contribution is -0.118. The Hall–Kier alpha value is -0.950. The largest absolute Gasteiger partial charge is 0.355 e. The number of nitrogens with one attached hydrogen (secondary N) is 2. The summed E-state index contributed by atoms with van der Waals surface area (Å²) >= 11 is 6.62. The maximum absolute atomic E-state index is 11.8. The molecule has 18 heavy (non-hydrogen) atoms. The number of carbonyl (C=O) groups is 2. The molecule has 0 saturated heterocycles. The molecule has 2 amide bonds. The third-order valence-electron chi connectivity index (χ3n) is 2.00. The van der Waals surface area contributed by atoms with Gasteiger partial charge in [-0.2, -0.15) is 0 Å². The molecule has 0 aromatic carbocycles. The second kappa shape index (κ2) is 7.48. The molecule has 0 aliphatic carbocycles. The molecule has 1 aromatic heterocycles. The van der Waals surface area contributed by atoms with Crippen molar-refractivity contribution in [3.05, 3.63) is 28.0 Å². The molecule has 1 rings (SSSR count). The van der Waals surface area contributed by atoms with Gasteiger partial charge in [0, 0.05) is 29.8 Å². The molecule has 1 heterocycles. The van der Waals surface area contributed by atoms with E-state index in [1.165, 1.54) is 6.92 Å². The minimum absolute atomic E-state index is 0.119. The Morgan fingerprint density at radius 3 is 2.56 bits per heavy atom. The van der Waals surface area contributed by atoms with E-state index in [4.69, 9.17) is 0 Å². The average molecular weight is 379 g/mol. The SMILES string of the molecule is CC(=O)NCCNC(=O)c1cc(Br)cc(CBr)n1. The smallest absolute Gasteiger partial charge is 0.269 e. The van der Waals surface area contributed by atoms with E-state index in [0.29, 0.717) is 24.1 Å². The van der Waals surface area contributed by atoms with Crippen molar-refractivity contribution in [3.8, 4) is 0 Å². The number of hydrogen-bond donors (Lipinski definition) is 2. The molecule has 0 fully saturated rings. The molecule has 7 heteroatoms. The Labute approximate surface area is 122 Å². The summed E-state index contributed by atoms with van der Waals surface area (Å²) < 4.78 is 0.805. The van der Waals surface area contributed by atoms with Crippen molar-refractivity contribution in [2.75, 3.05) is 13.1 Å². The number of nitrogens with zero attached hydrogens (tertiary/aromatic N) is 1. The predicted octanol–water partition coefficient (Wildman–Crippen LogP) is 1.60. The van der Waals surface area contributed by atoms with Crippen molar-refractivity contribution in [1.82, 2.24) is 15.6 Å². The minimum atomic E-state index is -0.260. The van der Waals surface area contributed by atoms with Crippen molar-refractivity contribution in [2.24, 2.45) is 0 Å². The molecular formula is C11H13Br2N3O2. The lowest BCUT2D eigenvalue weighted by Crippen LogP contribution is -2.34. The number of pyridine rings is 1. The summed E-state index contributed by atoms with van der Waals surface area (Å²) in [5.74, 6) is -0.379. The van der Waals surface area contributed by atoms with Crippen LogP contribution in [0.4, 0.5) is 0 Å². The van der Waals surface area contributed by atoms with Gasteiger partial charge in [-0.1, -0.05) is 31.9 Å². The van der Waals surface area contributed by atoms with E-state index in [1.807, 2.05) is 6.07 Å². The monoisotopic (exact) mass is 377 g/mol. The summed E-state index contributed by atoms with van der Waals surface area (Å²) in [6, 6.07) is 3.49. The fraction of sp³-hybridized carbons (Fsp3) is 0.364. The van der Waals surface area contributed by atoms with Gasteiger partial charge in [-0.05, 0) is 12.1 Å². The second-order valence-electron chi connectivity index (χ2n) is 3.53. The van der Waals surface area contributed by atoms with Crippen LogP contribution in [0.5, 0.6) is 0 Å². The molecule has 5 nitrogen and oxygen atoms in total. The molecule has 0 atom stereocenters. The summed E-state index contributed by atoms with van der Waals surface area (Å²) in [5.41, 5.74) is 1.12. The molecule has 0 radical (unpaired) electrons. The van der Waals surface area contributed by atoms with Crippen LogP contribution in [-0.4, -0.2) is 29.9 Å². The first-order valence-electron chi connectivity index (χ1n) is 5.28. The van der Waals surface area contributed by atoms with Gasteiger partial charge in [-0.15, -0.1) is 0 Å². The molecular weight excluding hydrogens is 366 g/mol. The highest BCUT2D eigenvalue weighted by Gasteiger charge is 2.09. The van der Waals surface area contributed by atoms with Crippen LogP contribution in [0.25, 0.3) is 0 Å². The van der Waals surface area contributed by atoms with E-state index in [9.17, 15) is 9.59 Å². The van der Waals surface area contributed by atoms with E-state index in [-0.39, 0.29) is 11.8 Å². The number of hydrogen-bond acceptors (Lipinski definition) is 3. The summed E-state index contributed by atoms with van der Waals surface area (Å²) in [5, 5.41) is 5.86. The highest BCUT2D eigenvalue weighted by atomic mass is 79.9. The highest BCUT2D eigenvalue weighted by molar-refractivity contribution is 9.10. The molecule has 0 bridgehead atoms. The lowest BCUT2D eigenvalue weighted by Gasteiger charge is -2.06. The Bertz CT molecular complexity index is 452. The molecule has 2 N–H and O–H groups in total. The van der Waals surface area contributed by atoms with Gasteiger partial charge in [-0.25, -0.2) is 4.98 Å². The van der Waals surface area contributed by atoms with Gasteiger partial charge < -0.3 is 10.6 Å². The fourth-order valence-corrected chi connectivity index (χ4v) is 2.01. The standard InChI is InChI=1S/C11H13Br2N3O2/c1-7(17)14-2-3-15-11(18)10-5-8(13)4-9(6-12)16-10/h4-5H,2-3,6H2,1H3,(H,14,17)(H,15,18). The molecule has 0 saturated carbocycles. The van der Waals surface area contributed by atoms with Crippen molar-refractivity contribution in [2.45, 2.75) is 12.3 Å². The number of halogens is 2. The van der Waals surface area contributed by atoms with Crippen LogP contribution in [0.15, 0.2) is 16.6 Å². The van der Waals surface area contributed by atoms with Gasteiger partial charge in [0.2, 0.25) is 5.91 Å². The zero-order chi connectivity index (χ0) is 13.5. The molecule has 98 valence electrons. The van der Waals surface area contributed by atoms with Crippen LogP contribution in [-0.2, 0) is 10.1 Å². The van der Waals surface area contributed by atoms with E-state index < -0.39 is 0 Å². The van der Waals surface area contributed by atoms with Gasteiger partial charge in [-0.3, -0.25) is 9.59 Å². The molecule has 0 unspecified atom stereocenters. The summed E-state index contributed by atoms with van der Waals surface area (Å²) in [6.07, 6.45) is 0. The Kier molecular flexibility index (Phi) is 6.28. The van der Waals surface area contributed by atoms with Crippen LogP contribution in [0.1, 0.15) is 23.1 Å². The molecule has 0 aliphatic rings. The maximum Gasteiger partial charge on any atom is 0.269 e. The van der Waals surface area contributed by atoms with E-state index in [2.05, 4.69) is 47.5 Å². The summed E-state index contributed by atoms with van der Waals surface area (Å²) in [4.78, 5) is 26.6. The zero-order valence-corrected chi connectivity index (χ0v) is 13.0. The van der Waals surface area contributed by atoms with Gasteiger partial charge in [0.15, 0.2) is 0 Å². The normalized spacial score (nSPS) is 9.94. The topological polar surface area (TPSA) is 71.1 Å². The predicted molar refractivity (Wildman–Crippen MR) is 75.6 cm³/mol. The maximum atomic E-state index is 11.8. The quantitative estimate of drug-likeness (QED) is 0.604. The van der Waals surface area contributed by atoms with Gasteiger partial charge in [0.1, 0.15) is 5.69 Å². The molecule has 1 aromatic rings. The highest BCUT2D eigenvalue weighted by Crippen LogP contribution is 2.14. The van der Waals surface area contributed by atoms with Crippen molar-refractivity contribution in [3.63, 3.8) is 0 Å². The number of carbonyl (C=O) groups excluding carboxylic acids is 2. The van der Waals surface area contributed by atoms with Crippen LogP contribution < -0.4 is 10.6 Å². The fourth-order valence-electron chi connectivity index (χ4n) is 1.24. The van der Waals surface area contributed by atoms with Crippen LogP contribution in [0.2, 0.25) is 0 Å². The molecule has 0 spiro atoms. The van der Waals surface area contributed by atoms with Gasteiger partial charge in [0.25, 0.3) is 5.91 Å². The van der Waals surface area contributed by atoms with Crippen LogP contribution >= 0.6 is 31.9 Å². The Balaban J connectivity index is 2.55. The number of aromatic nitrogens is 1. The van der Waals surface area contributed by atoms with Gasteiger partial charge in [0.05, 0.1) is 5.69 Å². The van der Waals surface area contributed by atoms with E-state index in [1.54, 1.807) is 6.07 Å². The zero-order valence-electron chi connectivity index (χ0n) is 9.80. The summed E-state index contributed by atoms with van der Waals surface area (Å²) in [7, 11) is 0. The average Bonchev–Trinajstić information content (AvgIpc) is 2.33. The first-order valence-corrected chi connectivity index (χ1v) is 7.19. The van der Waals surface area contributed by atoms with Crippen molar-refractivity contribution in [1.29, 1.82) is 0 Å². The second-order valence-corrected chi connectivity index (χ2v) is 5.01. The van der Waals surface area contributed by atoms with E-state index >= 15 is 0 Å².